The van der Waals surface area contributed by atoms with Crippen LogP contribution in [0.2, 0.25) is 0 Å². The molecule has 1 aliphatic heterocycles. The van der Waals surface area contributed by atoms with E-state index < -0.39 is 5.60 Å². The van der Waals surface area contributed by atoms with Gasteiger partial charge in [-0.2, -0.15) is 0 Å². The first-order valence-corrected chi connectivity index (χ1v) is 7.88. The topological polar surface area (TPSA) is 46.6 Å². The number of carbonyl (C=O) groups excluding carboxylic acids is 2. The van der Waals surface area contributed by atoms with E-state index in [9.17, 15) is 9.59 Å². The number of hydrogen-bond donors (Lipinski definition) is 0. The van der Waals surface area contributed by atoms with E-state index in [2.05, 4.69) is 0 Å². The van der Waals surface area contributed by atoms with Gasteiger partial charge in [-0.05, 0) is 58.6 Å². The maximum atomic E-state index is 12.5. The summed E-state index contributed by atoms with van der Waals surface area (Å²) in [6.45, 7) is 7.89. The fraction of sp³-hybridized carbons (Fsp3) is 0.556. The van der Waals surface area contributed by atoms with Crippen molar-refractivity contribution < 1.29 is 14.3 Å². The molecule has 2 rings (SSSR count). The molecule has 120 valence electrons. The first kappa shape index (κ1) is 16.5. The van der Waals surface area contributed by atoms with Crippen LogP contribution in [0.1, 0.15) is 68.9 Å². The molecule has 1 amide bonds. The number of nitrogens with zero attached hydrogens (tertiary/aromatic N) is 1. The third-order valence-electron chi connectivity index (χ3n) is 3.81. The van der Waals surface area contributed by atoms with Crippen LogP contribution < -0.4 is 0 Å². The molecule has 0 saturated carbocycles. The number of benzene rings is 1. The van der Waals surface area contributed by atoms with Gasteiger partial charge in [0.05, 0.1) is 6.04 Å². The summed E-state index contributed by atoms with van der Waals surface area (Å²) in [5.41, 5.74) is 1.20. The molecule has 0 N–H and O–H groups in total. The van der Waals surface area contributed by atoms with Crippen LogP contribution in [0.3, 0.4) is 0 Å². The lowest BCUT2D eigenvalue weighted by molar-refractivity contribution is 0.00951. The highest BCUT2D eigenvalue weighted by molar-refractivity contribution is 5.94. The zero-order chi connectivity index (χ0) is 16.3. The van der Waals surface area contributed by atoms with Gasteiger partial charge in [-0.15, -0.1) is 0 Å². The summed E-state index contributed by atoms with van der Waals surface area (Å²) in [5.74, 6) is 0.0430. The van der Waals surface area contributed by atoms with Crippen LogP contribution in [0.25, 0.3) is 0 Å². The minimum atomic E-state index is -0.500. The average Bonchev–Trinajstić information content (AvgIpc) is 2.45. The summed E-state index contributed by atoms with van der Waals surface area (Å²) < 4.78 is 5.53. The van der Waals surface area contributed by atoms with Crippen molar-refractivity contribution in [3.8, 4) is 0 Å². The quantitative estimate of drug-likeness (QED) is 0.763. The molecule has 22 heavy (non-hydrogen) atoms. The Morgan fingerprint density at radius 1 is 1.23 bits per heavy atom. The molecular formula is C18H25NO3. The van der Waals surface area contributed by atoms with Crippen molar-refractivity contribution >= 4 is 11.9 Å². The summed E-state index contributed by atoms with van der Waals surface area (Å²) in [6, 6.07) is 7.57. The predicted molar refractivity (Wildman–Crippen MR) is 86.0 cm³/mol. The molecule has 0 spiro atoms. The van der Waals surface area contributed by atoms with Crippen LogP contribution in [-0.4, -0.2) is 28.9 Å². The maximum Gasteiger partial charge on any atom is 0.410 e. The van der Waals surface area contributed by atoms with Gasteiger partial charge in [0.2, 0.25) is 0 Å². The first-order valence-electron chi connectivity index (χ1n) is 7.88. The molecule has 1 heterocycles. The number of rotatable bonds is 2. The molecule has 1 saturated heterocycles. The van der Waals surface area contributed by atoms with Crippen molar-refractivity contribution in [3.63, 3.8) is 0 Å². The number of likely N-dealkylation sites (tertiary alicyclic amines) is 1. The van der Waals surface area contributed by atoms with Crippen LogP contribution >= 0.6 is 0 Å². The molecular weight excluding hydrogens is 278 g/mol. The predicted octanol–water partition coefficient (Wildman–Crippen LogP) is 4.35. The number of amides is 1. The zero-order valence-electron chi connectivity index (χ0n) is 13.9. The highest BCUT2D eigenvalue weighted by atomic mass is 16.6. The third kappa shape index (κ3) is 4.09. The van der Waals surface area contributed by atoms with Crippen molar-refractivity contribution in [2.24, 2.45) is 0 Å². The third-order valence-corrected chi connectivity index (χ3v) is 3.81. The minimum Gasteiger partial charge on any atom is -0.444 e. The molecule has 0 aliphatic carbocycles. The van der Waals surface area contributed by atoms with Crippen LogP contribution in [0.5, 0.6) is 0 Å². The second kappa shape index (κ2) is 6.51. The molecule has 1 aromatic rings. The Balaban J connectivity index is 2.24. The zero-order valence-corrected chi connectivity index (χ0v) is 13.9. The monoisotopic (exact) mass is 303 g/mol. The standard InChI is InChI=1S/C18H25NO3/c1-13(20)14-8-7-9-15(12-14)16-10-5-6-11-19(16)17(21)22-18(2,3)4/h7-9,12,16H,5-6,10-11H2,1-4H3. The Labute approximate surface area is 132 Å². The molecule has 0 radical (unpaired) electrons. The largest absolute Gasteiger partial charge is 0.444 e. The number of Topliss-reactive ketones (excluding diaryl/α,β-unsaturated/α-hetero) is 1. The summed E-state index contributed by atoms with van der Waals surface area (Å²) in [5, 5.41) is 0. The van der Waals surface area contributed by atoms with Crippen LogP contribution in [-0.2, 0) is 4.74 Å². The lowest BCUT2D eigenvalue weighted by Gasteiger charge is -2.37. The number of carbonyl (C=O) groups is 2. The average molecular weight is 303 g/mol. The van der Waals surface area contributed by atoms with Crippen molar-refractivity contribution in [1.29, 1.82) is 0 Å². The number of ether oxygens (including phenoxy) is 1. The van der Waals surface area contributed by atoms with Gasteiger partial charge in [0, 0.05) is 12.1 Å². The molecule has 1 aromatic carbocycles. The van der Waals surface area contributed by atoms with Crippen molar-refractivity contribution in [2.45, 2.75) is 58.6 Å². The lowest BCUT2D eigenvalue weighted by Crippen LogP contribution is -2.41. The van der Waals surface area contributed by atoms with E-state index in [1.165, 1.54) is 0 Å². The highest BCUT2D eigenvalue weighted by Crippen LogP contribution is 2.32. The Bertz CT molecular complexity index is 560. The van der Waals surface area contributed by atoms with Gasteiger partial charge < -0.3 is 9.64 Å². The lowest BCUT2D eigenvalue weighted by atomic mass is 9.94. The van der Waals surface area contributed by atoms with E-state index in [1.807, 2.05) is 45.0 Å². The van der Waals surface area contributed by atoms with Crippen molar-refractivity contribution in [2.75, 3.05) is 6.54 Å². The molecule has 4 heteroatoms. The van der Waals surface area contributed by atoms with Gasteiger partial charge >= 0.3 is 6.09 Å². The smallest absolute Gasteiger partial charge is 0.410 e. The molecule has 1 unspecified atom stereocenters. The fourth-order valence-corrected chi connectivity index (χ4v) is 2.78. The second-order valence-electron chi connectivity index (χ2n) is 6.87. The van der Waals surface area contributed by atoms with Gasteiger partial charge in [0.25, 0.3) is 0 Å². The molecule has 4 nitrogen and oxygen atoms in total. The molecule has 0 aromatic heterocycles. The summed E-state index contributed by atoms with van der Waals surface area (Å²) in [7, 11) is 0. The van der Waals surface area contributed by atoms with Crippen LogP contribution in [0, 0.1) is 0 Å². The fourth-order valence-electron chi connectivity index (χ4n) is 2.78. The van der Waals surface area contributed by atoms with Crippen LogP contribution in [0.4, 0.5) is 4.79 Å². The normalized spacial score (nSPS) is 18.9. The Morgan fingerprint density at radius 2 is 1.95 bits per heavy atom. The second-order valence-corrected chi connectivity index (χ2v) is 6.87. The number of hydrogen-bond acceptors (Lipinski definition) is 3. The van der Waals surface area contributed by atoms with Gasteiger partial charge in [0.15, 0.2) is 5.78 Å². The van der Waals surface area contributed by atoms with Crippen LogP contribution in [0.15, 0.2) is 24.3 Å². The number of piperidine rings is 1. The Hall–Kier alpha value is -1.84. The van der Waals surface area contributed by atoms with Gasteiger partial charge in [-0.3, -0.25) is 4.79 Å². The highest BCUT2D eigenvalue weighted by Gasteiger charge is 2.31. The van der Waals surface area contributed by atoms with E-state index in [0.717, 1.165) is 24.8 Å². The first-order chi connectivity index (χ1) is 10.3. The summed E-state index contributed by atoms with van der Waals surface area (Å²) >= 11 is 0. The molecule has 1 atom stereocenters. The Morgan fingerprint density at radius 3 is 2.59 bits per heavy atom. The molecule has 0 bridgehead atoms. The van der Waals surface area contributed by atoms with Crippen molar-refractivity contribution in [1.82, 2.24) is 4.90 Å². The SMILES string of the molecule is CC(=O)c1cccc(C2CCCCN2C(=O)OC(C)(C)C)c1. The van der Waals surface area contributed by atoms with Gasteiger partial charge in [-0.1, -0.05) is 18.2 Å². The van der Waals surface area contributed by atoms with Gasteiger partial charge in [0.1, 0.15) is 5.60 Å². The van der Waals surface area contributed by atoms with E-state index in [0.29, 0.717) is 12.1 Å². The molecule has 1 fully saturated rings. The number of ketones is 1. The summed E-state index contributed by atoms with van der Waals surface area (Å²) in [4.78, 5) is 25.8. The van der Waals surface area contributed by atoms with Gasteiger partial charge in [-0.25, -0.2) is 4.79 Å². The Kier molecular flexibility index (Phi) is 4.89. The summed E-state index contributed by atoms with van der Waals surface area (Å²) in [6.07, 6.45) is 2.70. The minimum absolute atomic E-state index is 0.0112. The molecule has 1 aliphatic rings. The van der Waals surface area contributed by atoms with E-state index in [1.54, 1.807) is 11.8 Å². The van der Waals surface area contributed by atoms with E-state index >= 15 is 0 Å². The van der Waals surface area contributed by atoms with E-state index in [4.69, 9.17) is 4.74 Å². The van der Waals surface area contributed by atoms with E-state index in [-0.39, 0.29) is 17.9 Å². The maximum absolute atomic E-state index is 12.5. The van der Waals surface area contributed by atoms with Crippen molar-refractivity contribution in [3.05, 3.63) is 35.4 Å².